The number of aryl methyl sites for hydroxylation is 1. The minimum atomic E-state index is 0.535. The molecule has 24 heavy (non-hydrogen) atoms. The monoisotopic (exact) mass is 315 g/mol. The summed E-state index contributed by atoms with van der Waals surface area (Å²) in [6.45, 7) is 2.01. The molecule has 0 radical (unpaired) electrons. The Morgan fingerprint density at radius 2 is 2.08 bits per heavy atom. The maximum absolute atomic E-state index is 4.37. The van der Waals surface area contributed by atoms with Crippen molar-refractivity contribution < 1.29 is 0 Å². The first-order valence-electron chi connectivity index (χ1n) is 8.78. The SMILES string of the molecule is Cc1ccc(C=Cc2cccc3c4c([nH]c23)C[C@H]2CC[C@@H]4N2)cn1. The van der Waals surface area contributed by atoms with Crippen LogP contribution in [0.4, 0.5) is 0 Å². The molecular formula is C21H21N3. The molecule has 120 valence electrons. The second kappa shape index (κ2) is 5.32. The van der Waals surface area contributed by atoms with E-state index in [1.54, 1.807) is 0 Å². The first-order valence-corrected chi connectivity index (χ1v) is 8.78. The van der Waals surface area contributed by atoms with E-state index in [4.69, 9.17) is 0 Å². The fourth-order valence-corrected chi connectivity index (χ4v) is 4.23. The second-order valence-corrected chi connectivity index (χ2v) is 7.05. The highest BCUT2D eigenvalue weighted by molar-refractivity contribution is 5.94. The van der Waals surface area contributed by atoms with E-state index in [0.29, 0.717) is 12.1 Å². The molecule has 3 aromatic rings. The van der Waals surface area contributed by atoms with E-state index in [1.165, 1.54) is 40.6 Å². The van der Waals surface area contributed by atoms with Crippen LogP contribution in [0.25, 0.3) is 23.1 Å². The third-order valence-corrected chi connectivity index (χ3v) is 5.42. The van der Waals surface area contributed by atoms with Crippen LogP contribution >= 0.6 is 0 Å². The van der Waals surface area contributed by atoms with Crippen molar-refractivity contribution in [3.8, 4) is 0 Å². The molecule has 2 N–H and O–H groups in total. The lowest BCUT2D eigenvalue weighted by molar-refractivity contribution is 0.513. The minimum absolute atomic E-state index is 0.535. The summed E-state index contributed by atoms with van der Waals surface area (Å²) >= 11 is 0. The van der Waals surface area contributed by atoms with E-state index >= 15 is 0 Å². The molecule has 2 bridgehead atoms. The lowest BCUT2D eigenvalue weighted by Gasteiger charge is -2.21. The molecule has 2 aromatic heterocycles. The molecule has 1 fully saturated rings. The van der Waals surface area contributed by atoms with Crippen molar-refractivity contribution >= 4 is 23.1 Å². The zero-order chi connectivity index (χ0) is 16.1. The number of nitrogens with zero attached hydrogens (tertiary/aromatic N) is 1. The van der Waals surface area contributed by atoms with Gasteiger partial charge in [0.1, 0.15) is 0 Å². The van der Waals surface area contributed by atoms with E-state index in [2.05, 4.69) is 57.8 Å². The predicted molar refractivity (Wildman–Crippen MR) is 98.8 cm³/mol. The van der Waals surface area contributed by atoms with Crippen LogP contribution in [0, 0.1) is 6.92 Å². The highest BCUT2D eigenvalue weighted by atomic mass is 15.0. The van der Waals surface area contributed by atoms with Crippen molar-refractivity contribution in [3.05, 3.63) is 64.6 Å². The van der Waals surface area contributed by atoms with E-state index in [0.717, 1.165) is 17.7 Å². The highest BCUT2D eigenvalue weighted by Gasteiger charge is 2.34. The van der Waals surface area contributed by atoms with Gasteiger partial charge in [0, 0.05) is 41.5 Å². The number of benzene rings is 1. The van der Waals surface area contributed by atoms with Gasteiger partial charge in [-0.25, -0.2) is 0 Å². The van der Waals surface area contributed by atoms with Crippen LogP contribution in [0.2, 0.25) is 0 Å². The average molecular weight is 315 g/mol. The highest BCUT2D eigenvalue weighted by Crippen LogP contribution is 2.40. The Morgan fingerprint density at radius 3 is 2.96 bits per heavy atom. The molecule has 0 unspecified atom stereocenters. The van der Waals surface area contributed by atoms with E-state index in [9.17, 15) is 0 Å². The summed E-state index contributed by atoms with van der Waals surface area (Å²) in [4.78, 5) is 8.09. The summed E-state index contributed by atoms with van der Waals surface area (Å²) in [6, 6.07) is 12.0. The first kappa shape index (κ1) is 14.0. The average Bonchev–Trinajstić information content (AvgIpc) is 3.16. The van der Waals surface area contributed by atoms with Gasteiger partial charge in [-0.3, -0.25) is 4.98 Å². The zero-order valence-corrected chi connectivity index (χ0v) is 13.8. The molecule has 1 aromatic carbocycles. The van der Waals surface area contributed by atoms with Gasteiger partial charge in [-0.05, 0) is 42.5 Å². The predicted octanol–water partition coefficient (Wildman–Crippen LogP) is 4.39. The number of hydrogen-bond acceptors (Lipinski definition) is 2. The molecule has 4 heterocycles. The molecule has 2 aliphatic heterocycles. The van der Waals surface area contributed by atoms with Crippen molar-refractivity contribution in [2.75, 3.05) is 0 Å². The first-order chi connectivity index (χ1) is 11.8. The van der Waals surface area contributed by atoms with Gasteiger partial charge in [-0.1, -0.05) is 36.4 Å². The Morgan fingerprint density at radius 1 is 1.12 bits per heavy atom. The second-order valence-electron chi connectivity index (χ2n) is 7.05. The number of fused-ring (bicyclic) bond motifs is 6. The fraction of sp³-hybridized carbons (Fsp3) is 0.286. The molecule has 0 amide bonds. The lowest BCUT2D eigenvalue weighted by Crippen LogP contribution is -2.31. The number of hydrogen-bond donors (Lipinski definition) is 2. The van der Waals surface area contributed by atoms with Crippen molar-refractivity contribution in [1.29, 1.82) is 0 Å². The number of para-hydroxylation sites is 1. The number of nitrogens with one attached hydrogen (secondary N) is 2. The molecule has 2 aliphatic rings. The van der Waals surface area contributed by atoms with Crippen LogP contribution in [0.1, 0.15) is 47.0 Å². The van der Waals surface area contributed by atoms with E-state index in [1.807, 2.05) is 13.1 Å². The van der Waals surface area contributed by atoms with Crippen LogP contribution in [-0.2, 0) is 6.42 Å². The maximum Gasteiger partial charge on any atom is 0.0533 e. The van der Waals surface area contributed by atoms with Gasteiger partial charge in [0.2, 0.25) is 0 Å². The topological polar surface area (TPSA) is 40.7 Å². The van der Waals surface area contributed by atoms with Crippen molar-refractivity contribution in [2.45, 2.75) is 38.3 Å². The lowest BCUT2D eigenvalue weighted by atomic mass is 9.98. The van der Waals surface area contributed by atoms with Crippen molar-refractivity contribution in [1.82, 2.24) is 15.3 Å². The molecule has 2 atom stereocenters. The van der Waals surface area contributed by atoms with Gasteiger partial charge in [0.05, 0.1) is 5.52 Å². The summed E-state index contributed by atoms with van der Waals surface area (Å²) in [5.74, 6) is 0. The Kier molecular flexibility index (Phi) is 3.10. The van der Waals surface area contributed by atoms with Gasteiger partial charge >= 0.3 is 0 Å². The fourth-order valence-electron chi connectivity index (χ4n) is 4.23. The molecule has 0 saturated carbocycles. The van der Waals surface area contributed by atoms with Crippen LogP contribution in [-0.4, -0.2) is 16.0 Å². The van der Waals surface area contributed by atoms with Crippen molar-refractivity contribution in [2.24, 2.45) is 0 Å². The summed E-state index contributed by atoms with van der Waals surface area (Å²) in [6.07, 6.45) is 9.96. The Balaban J connectivity index is 1.58. The van der Waals surface area contributed by atoms with E-state index in [-0.39, 0.29) is 0 Å². The minimum Gasteiger partial charge on any atom is -0.358 e. The van der Waals surface area contributed by atoms with Gasteiger partial charge in [0.25, 0.3) is 0 Å². The summed E-state index contributed by atoms with van der Waals surface area (Å²) in [7, 11) is 0. The number of pyridine rings is 1. The summed E-state index contributed by atoms with van der Waals surface area (Å²) < 4.78 is 0. The van der Waals surface area contributed by atoms with Gasteiger partial charge in [-0.15, -0.1) is 0 Å². The molecule has 3 heteroatoms. The Bertz CT molecular complexity index is 934. The quantitative estimate of drug-likeness (QED) is 0.736. The molecular weight excluding hydrogens is 294 g/mol. The zero-order valence-electron chi connectivity index (χ0n) is 13.8. The molecule has 0 aliphatic carbocycles. The standard InChI is InChI=1S/C21H21N3/c1-13-5-6-14(12-22-13)7-8-15-3-2-4-17-20-18-10-9-16(23-18)11-19(20)24-21(15)17/h2-8,12,16,18,23-24H,9-11H2,1H3/t16-,18+/m1/s1. The third kappa shape index (κ3) is 2.20. The van der Waals surface area contributed by atoms with Crippen molar-refractivity contribution in [3.63, 3.8) is 0 Å². The number of rotatable bonds is 2. The van der Waals surface area contributed by atoms with Crippen LogP contribution < -0.4 is 5.32 Å². The smallest absolute Gasteiger partial charge is 0.0533 e. The number of aromatic nitrogens is 2. The molecule has 5 rings (SSSR count). The number of aromatic amines is 1. The van der Waals surface area contributed by atoms with Crippen LogP contribution in [0.5, 0.6) is 0 Å². The Hall–Kier alpha value is -2.39. The molecule has 1 saturated heterocycles. The summed E-state index contributed by atoms with van der Waals surface area (Å²) in [5.41, 5.74) is 7.65. The third-order valence-electron chi connectivity index (χ3n) is 5.42. The van der Waals surface area contributed by atoms with Gasteiger partial charge in [-0.2, -0.15) is 0 Å². The van der Waals surface area contributed by atoms with E-state index < -0.39 is 0 Å². The van der Waals surface area contributed by atoms with Crippen LogP contribution in [0.15, 0.2) is 36.5 Å². The number of H-pyrrole nitrogens is 1. The normalized spacial score (nSPS) is 22.4. The van der Waals surface area contributed by atoms with Crippen LogP contribution in [0.3, 0.4) is 0 Å². The maximum atomic E-state index is 4.37. The molecule has 0 spiro atoms. The van der Waals surface area contributed by atoms with Gasteiger partial charge < -0.3 is 10.3 Å². The molecule has 3 nitrogen and oxygen atoms in total. The summed E-state index contributed by atoms with van der Waals surface area (Å²) in [5, 5.41) is 5.14. The largest absolute Gasteiger partial charge is 0.358 e. The Labute approximate surface area is 141 Å². The van der Waals surface area contributed by atoms with Gasteiger partial charge in [0.15, 0.2) is 0 Å².